The summed E-state index contributed by atoms with van der Waals surface area (Å²) in [5, 5.41) is 3.12. The third-order valence-electron chi connectivity index (χ3n) is 5.89. The predicted octanol–water partition coefficient (Wildman–Crippen LogP) is 4.54. The average Bonchev–Trinajstić information content (AvgIpc) is 2.75. The second-order valence-corrected chi connectivity index (χ2v) is 8.29. The van der Waals surface area contributed by atoms with Crippen LogP contribution >= 0.6 is 0 Å². The summed E-state index contributed by atoms with van der Waals surface area (Å²) in [5.74, 6) is -0.802. The fourth-order valence-corrected chi connectivity index (χ4v) is 3.95. The van der Waals surface area contributed by atoms with E-state index in [4.69, 9.17) is 0 Å². The number of carbonyl (C=O) groups excluding carboxylic acids is 2. The summed E-state index contributed by atoms with van der Waals surface area (Å²) >= 11 is 0. The van der Waals surface area contributed by atoms with E-state index in [0.717, 1.165) is 36.8 Å². The van der Waals surface area contributed by atoms with E-state index >= 15 is 0 Å². The first-order valence-electron chi connectivity index (χ1n) is 10.8. The Morgan fingerprint density at radius 3 is 2.40 bits per heavy atom. The molecule has 0 unspecified atom stereocenters. The van der Waals surface area contributed by atoms with Crippen molar-refractivity contribution in [2.24, 2.45) is 0 Å². The number of nitrogens with zero attached hydrogens (tertiary/aromatic N) is 1. The lowest BCUT2D eigenvalue weighted by atomic mass is 9.95. The molecule has 0 bridgehead atoms. The number of carbonyl (C=O) groups is 2. The monoisotopic (exact) mass is 410 g/mol. The summed E-state index contributed by atoms with van der Waals surface area (Å²) in [4.78, 5) is 27.7. The van der Waals surface area contributed by atoms with Crippen molar-refractivity contribution in [1.29, 1.82) is 0 Å². The zero-order valence-electron chi connectivity index (χ0n) is 17.9. The summed E-state index contributed by atoms with van der Waals surface area (Å²) in [6.45, 7) is 4.07. The zero-order valence-corrected chi connectivity index (χ0v) is 17.9. The van der Waals surface area contributed by atoms with Gasteiger partial charge in [-0.05, 0) is 43.9 Å². The lowest BCUT2D eigenvalue weighted by Crippen LogP contribution is -2.50. The molecule has 1 N–H and O–H groups in total. The van der Waals surface area contributed by atoms with Gasteiger partial charge in [0.2, 0.25) is 11.8 Å². The molecule has 0 aromatic heterocycles. The van der Waals surface area contributed by atoms with E-state index in [1.165, 1.54) is 12.5 Å². The van der Waals surface area contributed by atoms with E-state index in [1.807, 2.05) is 31.2 Å². The first-order valence-corrected chi connectivity index (χ1v) is 10.8. The zero-order chi connectivity index (χ0) is 21.5. The van der Waals surface area contributed by atoms with Crippen LogP contribution in [0.5, 0.6) is 0 Å². The van der Waals surface area contributed by atoms with Gasteiger partial charge in [-0.3, -0.25) is 9.59 Å². The molecule has 1 atom stereocenters. The molecule has 5 heteroatoms. The standard InChI is InChI=1S/C25H31FN2O2/c1-18-12-14-20(15-13-18)17-28(24(29)16-21-8-6-7-11-23(21)26)19(2)25(30)27-22-9-4-3-5-10-22/h6-8,11-15,19,22H,3-5,9-10,16-17H2,1-2H3,(H,27,30)/t19-/m1/s1. The molecule has 0 spiro atoms. The van der Waals surface area contributed by atoms with Crippen LogP contribution in [0.3, 0.4) is 0 Å². The van der Waals surface area contributed by atoms with Crippen molar-refractivity contribution in [2.45, 2.75) is 71.0 Å². The number of benzene rings is 2. The van der Waals surface area contributed by atoms with Gasteiger partial charge in [0.15, 0.2) is 0 Å². The van der Waals surface area contributed by atoms with Gasteiger partial charge in [0.25, 0.3) is 0 Å². The lowest BCUT2D eigenvalue weighted by molar-refractivity contribution is -0.140. The van der Waals surface area contributed by atoms with Gasteiger partial charge in [-0.1, -0.05) is 67.3 Å². The largest absolute Gasteiger partial charge is 0.352 e. The number of aryl methyl sites for hydroxylation is 1. The lowest BCUT2D eigenvalue weighted by Gasteiger charge is -2.31. The third-order valence-corrected chi connectivity index (χ3v) is 5.89. The van der Waals surface area contributed by atoms with Crippen molar-refractivity contribution in [3.63, 3.8) is 0 Å². The van der Waals surface area contributed by atoms with Crippen LogP contribution in [0.1, 0.15) is 55.7 Å². The van der Waals surface area contributed by atoms with Crippen LogP contribution in [-0.4, -0.2) is 28.8 Å². The fourth-order valence-electron chi connectivity index (χ4n) is 3.95. The SMILES string of the molecule is Cc1ccc(CN(C(=O)Cc2ccccc2F)[C@H](C)C(=O)NC2CCCCC2)cc1. The van der Waals surface area contributed by atoms with E-state index in [9.17, 15) is 14.0 Å². The predicted molar refractivity (Wildman–Crippen MR) is 116 cm³/mol. The van der Waals surface area contributed by atoms with Crippen LogP contribution in [0.25, 0.3) is 0 Å². The van der Waals surface area contributed by atoms with Crippen molar-refractivity contribution >= 4 is 11.8 Å². The van der Waals surface area contributed by atoms with Crippen LogP contribution in [0.15, 0.2) is 48.5 Å². The van der Waals surface area contributed by atoms with E-state index in [2.05, 4.69) is 5.32 Å². The van der Waals surface area contributed by atoms with Crippen molar-refractivity contribution in [1.82, 2.24) is 10.2 Å². The van der Waals surface area contributed by atoms with Gasteiger partial charge in [0.05, 0.1) is 6.42 Å². The molecule has 3 rings (SSSR count). The Bertz CT molecular complexity index is 860. The molecule has 0 heterocycles. The quantitative estimate of drug-likeness (QED) is 0.728. The Hall–Kier alpha value is -2.69. The minimum Gasteiger partial charge on any atom is -0.352 e. The van der Waals surface area contributed by atoms with Crippen molar-refractivity contribution in [3.8, 4) is 0 Å². The highest BCUT2D eigenvalue weighted by atomic mass is 19.1. The molecular weight excluding hydrogens is 379 g/mol. The minimum atomic E-state index is -0.632. The summed E-state index contributed by atoms with van der Waals surface area (Å²) in [6, 6.07) is 13.7. The highest BCUT2D eigenvalue weighted by Gasteiger charge is 2.28. The number of hydrogen-bond donors (Lipinski definition) is 1. The highest BCUT2D eigenvalue weighted by Crippen LogP contribution is 2.19. The van der Waals surface area contributed by atoms with Crippen LogP contribution in [0.2, 0.25) is 0 Å². The molecule has 2 amide bonds. The van der Waals surface area contributed by atoms with Gasteiger partial charge in [-0.2, -0.15) is 0 Å². The van der Waals surface area contributed by atoms with Crippen molar-refractivity contribution in [2.75, 3.05) is 0 Å². The topological polar surface area (TPSA) is 49.4 Å². The molecule has 2 aromatic carbocycles. The van der Waals surface area contributed by atoms with Crippen molar-refractivity contribution in [3.05, 3.63) is 71.0 Å². The molecule has 2 aromatic rings. The molecule has 4 nitrogen and oxygen atoms in total. The molecule has 1 aliphatic rings. The average molecular weight is 411 g/mol. The van der Waals surface area contributed by atoms with Gasteiger partial charge in [-0.25, -0.2) is 4.39 Å². The summed E-state index contributed by atoms with van der Waals surface area (Å²) < 4.78 is 14.1. The van der Waals surface area contributed by atoms with Crippen LogP contribution < -0.4 is 5.32 Å². The third kappa shape index (κ3) is 5.91. The van der Waals surface area contributed by atoms with Crippen LogP contribution in [0.4, 0.5) is 4.39 Å². The molecule has 30 heavy (non-hydrogen) atoms. The molecule has 1 fully saturated rings. The van der Waals surface area contributed by atoms with Gasteiger partial charge in [-0.15, -0.1) is 0 Å². The summed E-state index contributed by atoms with van der Waals surface area (Å²) in [7, 11) is 0. The maximum atomic E-state index is 14.1. The van der Waals surface area contributed by atoms with Crippen LogP contribution in [0, 0.1) is 12.7 Å². The van der Waals surface area contributed by atoms with Gasteiger partial charge < -0.3 is 10.2 Å². The Morgan fingerprint density at radius 2 is 1.73 bits per heavy atom. The normalized spacial score (nSPS) is 15.4. The van der Waals surface area contributed by atoms with E-state index in [-0.39, 0.29) is 24.3 Å². The number of nitrogens with one attached hydrogen (secondary N) is 1. The highest BCUT2D eigenvalue weighted by molar-refractivity contribution is 5.88. The van der Waals surface area contributed by atoms with Crippen LogP contribution in [-0.2, 0) is 22.6 Å². The second kappa shape index (κ2) is 10.4. The Balaban J connectivity index is 1.76. The maximum absolute atomic E-state index is 14.1. The van der Waals surface area contributed by atoms with Gasteiger partial charge in [0, 0.05) is 12.6 Å². The second-order valence-electron chi connectivity index (χ2n) is 8.29. The van der Waals surface area contributed by atoms with E-state index in [1.54, 1.807) is 30.0 Å². The van der Waals surface area contributed by atoms with E-state index < -0.39 is 11.9 Å². The Kier molecular flexibility index (Phi) is 7.61. The fraction of sp³-hybridized carbons (Fsp3) is 0.440. The molecule has 160 valence electrons. The summed E-state index contributed by atoms with van der Waals surface area (Å²) in [5.41, 5.74) is 2.42. The number of halogens is 1. The van der Waals surface area contributed by atoms with Gasteiger partial charge in [0.1, 0.15) is 11.9 Å². The van der Waals surface area contributed by atoms with Gasteiger partial charge >= 0.3 is 0 Å². The molecule has 0 aliphatic heterocycles. The summed E-state index contributed by atoms with van der Waals surface area (Å²) in [6.07, 6.45) is 5.36. The molecule has 0 saturated heterocycles. The minimum absolute atomic E-state index is 0.0699. The van der Waals surface area contributed by atoms with E-state index in [0.29, 0.717) is 12.1 Å². The first-order chi connectivity index (χ1) is 14.4. The maximum Gasteiger partial charge on any atom is 0.242 e. The molecule has 0 radical (unpaired) electrons. The Labute approximate surface area is 178 Å². The number of hydrogen-bond acceptors (Lipinski definition) is 2. The van der Waals surface area contributed by atoms with Crippen molar-refractivity contribution < 1.29 is 14.0 Å². The molecular formula is C25H31FN2O2. The molecule has 1 aliphatic carbocycles. The Morgan fingerprint density at radius 1 is 1.07 bits per heavy atom. The first kappa shape index (κ1) is 22.0. The number of rotatable bonds is 7. The molecule has 1 saturated carbocycles. The smallest absolute Gasteiger partial charge is 0.242 e. The number of amides is 2.